The quantitative estimate of drug-likeness (QED) is 0.760. The summed E-state index contributed by atoms with van der Waals surface area (Å²) in [7, 11) is 0. The fourth-order valence-corrected chi connectivity index (χ4v) is 2.35. The molecule has 7 nitrogen and oxygen atoms in total. The van der Waals surface area contributed by atoms with Crippen molar-refractivity contribution in [3.05, 3.63) is 28.8 Å². The largest absolute Gasteiger partial charge is 0.492 e. The number of rotatable bonds is 4. The van der Waals surface area contributed by atoms with Crippen LogP contribution in [0.15, 0.2) is 18.2 Å². The van der Waals surface area contributed by atoms with E-state index in [0.29, 0.717) is 22.8 Å². The van der Waals surface area contributed by atoms with E-state index in [2.05, 4.69) is 0 Å². The maximum atomic E-state index is 12.0. The minimum absolute atomic E-state index is 0.0428. The number of halogens is 4. The number of fused-ring (bicyclic) bond motifs is 1. The maximum Gasteiger partial charge on any atom is 0.405 e. The fourth-order valence-electron chi connectivity index (χ4n) is 2.16. The molecule has 0 radical (unpaired) electrons. The molecular formula is C15H14ClF3N2O5. The maximum absolute atomic E-state index is 12.0. The van der Waals surface area contributed by atoms with Gasteiger partial charge in [-0.05, 0) is 30.2 Å². The summed E-state index contributed by atoms with van der Waals surface area (Å²) in [6.45, 7) is -2.36. The van der Waals surface area contributed by atoms with E-state index in [-0.39, 0.29) is 6.61 Å². The summed E-state index contributed by atoms with van der Waals surface area (Å²) in [4.78, 5) is 34.5. The Balaban J connectivity index is 1.76. The number of carbonyl (C=O) groups excluding carboxylic acids is 3. The van der Waals surface area contributed by atoms with E-state index in [4.69, 9.17) is 21.1 Å². The van der Waals surface area contributed by atoms with Crippen molar-refractivity contribution in [2.75, 3.05) is 19.8 Å². The number of urea groups is 1. The van der Waals surface area contributed by atoms with E-state index in [1.165, 1.54) is 5.32 Å². The van der Waals surface area contributed by atoms with E-state index < -0.39 is 43.2 Å². The highest BCUT2D eigenvalue weighted by molar-refractivity contribution is 6.30. The number of ether oxygens (including phenoxy) is 2. The van der Waals surface area contributed by atoms with E-state index in [1.54, 1.807) is 23.5 Å². The van der Waals surface area contributed by atoms with Crippen LogP contribution in [0.5, 0.6) is 5.75 Å². The Hall–Kier alpha value is -2.49. The van der Waals surface area contributed by atoms with Crippen molar-refractivity contribution in [2.45, 2.75) is 12.6 Å². The second-order valence-corrected chi connectivity index (χ2v) is 5.85. The minimum Gasteiger partial charge on any atom is -0.492 e. The third-order valence-electron chi connectivity index (χ3n) is 3.31. The van der Waals surface area contributed by atoms with Gasteiger partial charge in [-0.25, -0.2) is 4.79 Å². The Bertz CT molecular complexity index is 711. The average Bonchev–Trinajstić information content (AvgIpc) is 2.56. The Morgan fingerprint density at radius 3 is 2.73 bits per heavy atom. The molecule has 1 heterocycles. The molecule has 0 saturated heterocycles. The molecule has 0 bridgehead atoms. The molecule has 1 atom stereocenters. The van der Waals surface area contributed by atoms with Crippen molar-refractivity contribution in [3.8, 4) is 5.75 Å². The van der Waals surface area contributed by atoms with Gasteiger partial charge >= 0.3 is 18.2 Å². The zero-order chi connectivity index (χ0) is 19.3. The van der Waals surface area contributed by atoms with Crippen molar-refractivity contribution in [2.24, 2.45) is 5.92 Å². The van der Waals surface area contributed by atoms with Crippen molar-refractivity contribution >= 4 is 29.5 Å². The monoisotopic (exact) mass is 394 g/mol. The number of esters is 1. The summed E-state index contributed by atoms with van der Waals surface area (Å²) >= 11 is 5.88. The third-order valence-corrected chi connectivity index (χ3v) is 3.55. The first kappa shape index (κ1) is 19.8. The van der Waals surface area contributed by atoms with E-state index in [1.807, 2.05) is 0 Å². The molecule has 0 aromatic heterocycles. The van der Waals surface area contributed by atoms with Crippen molar-refractivity contribution in [1.82, 2.24) is 10.6 Å². The zero-order valence-electron chi connectivity index (χ0n) is 13.2. The molecule has 1 aliphatic heterocycles. The minimum atomic E-state index is -4.60. The van der Waals surface area contributed by atoms with Gasteiger partial charge in [0.25, 0.3) is 5.91 Å². The fraction of sp³-hybridized carbons (Fsp3) is 0.400. The number of alkyl halides is 3. The Morgan fingerprint density at radius 2 is 2.04 bits per heavy atom. The standard InChI is InChI=1S/C15H14ClF3N2O5/c16-10-1-2-11-8(4-10)3-9(5-25-11)13(23)26-6-12(22)21-14(24)20-7-15(17,18)19/h1-2,4,9H,3,5-7H2,(H2,20,21,22,24)/t9-/m0/s1. The van der Waals surface area contributed by atoms with E-state index in [0.717, 1.165) is 0 Å². The van der Waals surface area contributed by atoms with Gasteiger partial charge in [-0.15, -0.1) is 0 Å². The lowest BCUT2D eigenvalue weighted by atomic mass is 9.97. The van der Waals surface area contributed by atoms with Crippen LogP contribution in [0.4, 0.5) is 18.0 Å². The number of benzene rings is 1. The molecule has 0 saturated carbocycles. The lowest BCUT2D eigenvalue weighted by Gasteiger charge is -2.24. The summed E-state index contributed by atoms with van der Waals surface area (Å²) in [5.74, 6) is -1.87. The molecule has 11 heteroatoms. The second-order valence-electron chi connectivity index (χ2n) is 5.42. The van der Waals surface area contributed by atoms with Crippen molar-refractivity contribution < 1.29 is 37.0 Å². The SMILES string of the molecule is O=C(COC(=O)[C@@H]1COc2ccc(Cl)cc2C1)NC(=O)NCC(F)(F)F. The predicted molar refractivity (Wildman–Crippen MR) is 82.7 cm³/mol. The summed E-state index contributed by atoms with van der Waals surface area (Å²) in [6.07, 6.45) is -4.31. The number of carbonyl (C=O) groups is 3. The van der Waals surface area contributed by atoms with Crippen LogP contribution in [0.3, 0.4) is 0 Å². The number of imide groups is 1. The Morgan fingerprint density at radius 1 is 1.31 bits per heavy atom. The van der Waals surface area contributed by atoms with Crippen molar-refractivity contribution in [3.63, 3.8) is 0 Å². The first-order chi connectivity index (χ1) is 12.1. The molecule has 0 unspecified atom stereocenters. The van der Waals surface area contributed by atoms with Gasteiger partial charge in [-0.1, -0.05) is 11.6 Å². The summed E-state index contributed by atoms with van der Waals surface area (Å²) in [5, 5.41) is 3.55. The molecule has 26 heavy (non-hydrogen) atoms. The summed E-state index contributed by atoms with van der Waals surface area (Å²) in [6, 6.07) is 3.63. The number of nitrogens with one attached hydrogen (secondary N) is 2. The van der Waals surface area contributed by atoms with Crippen LogP contribution < -0.4 is 15.4 Å². The van der Waals surface area contributed by atoms with Gasteiger partial charge in [0.2, 0.25) is 0 Å². The topological polar surface area (TPSA) is 93.7 Å². The highest BCUT2D eigenvalue weighted by Crippen LogP contribution is 2.30. The normalized spacial score (nSPS) is 16.1. The first-order valence-electron chi connectivity index (χ1n) is 7.36. The molecule has 142 valence electrons. The molecule has 3 amide bonds. The van der Waals surface area contributed by atoms with Gasteiger partial charge in [0.1, 0.15) is 18.9 Å². The van der Waals surface area contributed by atoms with Gasteiger partial charge < -0.3 is 14.8 Å². The van der Waals surface area contributed by atoms with Crippen LogP contribution >= 0.6 is 11.6 Å². The van der Waals surface area contributed by atoms with Crippen LogP contribution in [-0.2, 0) is 20.7 Å². The molecule has 0 aliphatic carbocycles. The van der Waals surface area contributed by atoms with Crippen LogP contribution in [0, 0.1) is 5.92 Å². The molecule has 2 rings (SSSR count). The van der Waals surface area contributed by atoms with Gasteiger partial charge in [0.15, 0.2) is 6.61 Å². The van der Waals surface area contributed by atoms with Crippen molar-refractivity contribution in [1.29, 1.82) is 0 Å². The van der Waals surface area contributed by atoms with Crippen LogP contribution in [0.25, 0.3) is 0 Å². The Labute approximate surface area is 150 Å². The van der Waals surface area contributed by atoms with Crippen LogP contribution in [0.1, 0.15) is 5.56 Å². The number of hydrogen-bond donors (Lipinski definition) is 2. The van der Waals surface area contributed by atoms with Crippen LogP contribution in [-0.4, -0.2) is 43.8 Å². The summed E-state index contributed by atoms with van der Waals surface area (Å²) in [5.41, 5.74) is 0.710. The molecule has 1 aromatic carbocycles. The lowest BCUT2D eigenvalue weighted by molar-refractivity contribution is -0.153. The number of hydrogen-bond acceptors (Lipinski definition) is 5. The molecule has 2 N–H and O–H groups in total. The predicted octanol–water partition coefficient (Wildman–Crippen LogP) is 1.82. The first-order valence-corrected chi connectivity index (χ1v) is 7.74. The van der Waals surface area contributed by atoms with E-state index in [9.17, 15) is 27.6 Å². The van der Waals surface area contributed by atoms with Gasteiger partial charge in [0.05, 0.1) is 5.92 Å². The molecule has 0 fully saturated rings. The molecule has 1 aromatic rings. The highest BCUT2D eigenvalue weighted by atomic mass is 35.5. The second kappa shape index (κ2) is 8.26. The van der Waals surface area contributed by atoms with Crippen LogP contribution in [0.2, 0.25) is 5.02 Å². The van der Waals surface area contributed by atoms with E-state index >= 15 is 0 Å². The van der Waals surface area contributed by atoms with Gasteiger partial charge in [-0.3, -0.25) is 14.9 Å². The summed E-state index contributed by atoms with van der Waals surface area (Å²) < 4.78 is 46.0. The van der Waals surface area contributed by atoms with Gasteiger partial charge in [0, 0.05) is 5.02 Å². The zero-order valence-corrected chi connectivity index (χ0v) is 13.9. The highest BCUT2D eigenvalue weighted by Gasteiger charge is 2.29. The van der Waals surface area contributed by atoms with Gasteiger partial charge in [-0.2, -0.15) is 13.2 Å². The third kappa shape index (κ3) is 6.10. The molecule has 1 aliphatic rings. The smallest absolute Gasteiger partial charge is 0.405 e. The Kier molecular flexibility index (Phi) is 6.30. The molecule has 0 spiro atoms. The average molecular weight is 395 g/mol. The number of amides is 3. The lowest BCUT2D eigenvalue weighted by Crippen LogP contribution is -2.45. The molecular weight excluding hydrogens is 381 g/mol.